The van der Waals surface area contributed by atoms with Gasteiger partial charge in [0.2, 0.25) is 5.91 Å². The Balaban J connectivity index is 1.72. The maximum Gasteiger partial charge on any atom is 0.323 e. The quantitative estimate of drug-likeness (QED) is 0.629. The predicted molar refractivity (Wildman–Crippen MR) is 85.2 cm³/mol. The molecule has 2 aliphatic carbocycles. The highest BCUT2D eigenvalue weighted by Crippen LogP contribution is 2.78. The lowest BCUT2D eigenvalue weighted by Gasteiger charge is -2.40. The molecule has 5 heteroatoms. The summed E-state index contributed by atoms with van der Waals surface area (Å²) in [4.78, 5) is 27.8. The second-order valence-corrected chi connectivity index (χ2v) is 7.02. The first-order valence-corrected chi connectivity index (χ1v) is 8.55. The van der Waals surface area contributed by atoms with Gasteiger partial charge in [-0.2, -0.15) is 5.26 Å². The molecule has 1 saturated heterocycles. The van der Waals surface area contributed by atoms with Crippen molar-refractivity contribution in [3.8, 4) is 6.07 Å². The van der Waals surface area contributed by atoms with Gasteiger partial charge in [-0.15, -0.1) is 0 Å². The molecule has 1 amide bonds. The van der Waals surface area contributed by atoms with Crippen LogP contribution in [0.4, 0.5) is 0 Å². The van der Waals surface area contributed by atoms with E-state index in [1.54, 1.807) is 6.92 Å². The second-order valence-electron chi connectivity index (χ2n) is 7.02. The molecule has 3 fully saturated rings. The van der Waals surface area contributed by atoms with E-state index >= 15 is 0 Å². The number of amides is 1. The van der Waals surface area contributed by atoms with E-state index in [2.05, 4.69) is 6.07 Å². The zero-order valence-corrected chi connectivity index (χ0v) is 13.7. The number of ether oxygens (including phenoxy) is 1. The number of nitrogens with zero attached hydrogens (tertiary/aromatic N) is 2. The van der Waals surface area contributed by atoms with E-state index in [0.717, 1.165) is 18.4 Å². The third-order valence-electron chi connectivity index (χ3n) is 6.12. The largest absolute Gasteiger partial charge is 0.465 e. The molecule has 2 saturated carbocycles. The fourth-order valence-corrected chi connectivity index (χ4v) is 5.06. The number of likely N-dealkylation sites (tertiary alicyclic amines) is 1. The van der Waals surface area contributed by atoms with Crippen LogP contribution in [0.2, 0.25) is 0 Å². The van der Waals surface area contributed by atoms with Gasteiger partial charge >= 0.3 is 5.97 Å². The highest BCUT2D eigenvalue weighted by atomic mass is 16.5. The van der Waals surface area contributed by atoms with Crippen molar-refractivity contribution in [3.63, 3.8) is 0 Å². The van der Waals surface area contributed by atoms with E-state index in [4.69, 9.17) is 4.74 Å². The normalized spacial score (nSPS) is 36.0. The minimum atomic E-state index is -1.26. The standard InChI is InChI=1S/C19H20N2O3/c1-2-24-17(23)19-15-9-8-14(10-18(15,19)12-20)21(16(19)22)11-13-6-4-3-5-7-13/h3-7,14-15H,2,8-11H2,1H3/t14-,15-,18-,19+/m0/s1. The Labute approximate surface area is 141 Å². The smallest absolute Gasteiger partial charge is 0.323 e. The van der Waals surface area contributed by atoms with Crippen molar-refractivity contribution in [3.05, 3.63) is 35.9 Å². The number of esters is 1. The first-order chi connectivity index (χ1) is 11.6. The van der Waals surface area contributed by atoms with Gasteiger partial charge in [0.15, 0.2) is 5.41 Å². The molecule has 0 aromatic heterocycles. The Kier molecular flexibility index (Phi) is 3.21. The Morgan fingerprint density at radius 3 is 2.79 bits per heavy atom. The lowest BCUT2D eigenvalue weighted by molar-refractivity contribution is -0.163. The number of fused-ring (bicyclic) bond motifs is 2. The number of rotatable bonds is 4. The van der Waals surface area contributed by atoms with Crippen molar-refractivity contribution in [2.24, 2.45) is 16.7 Å². The third-order valence-corrected chi connectivity index (χ3v) is 6.12. The van der Waals surface area contributed by atoms with Gasteiger partial charge in [-0.25, -0.2) is 0 Å². The summed E-state index contributed by atoms with van der Waals surface area (Å²) in [5.41, 5.74) is -1.06. The molecule has 1 aliphatic heterocycles. The van der Waals surface area contributed by atoms with Gasteiger partial charge in [0.25, 0.3) is 0 Å². The summed E-state index contributed by atoms with van der Waals surface area (Å²) >= 11 is 0. The number of hydrogen-bond acceptors (Lipinski definition) is 4. The van der Waals surface area contributed by atoms with Crippen molar-refractivity contribution in [1.29, 1.82) is 5.26 Å². The van der Waals surface area contributed by atoms with Gasteiger partial charge in [0.05, 0.1) is 18.1 Å². The predicted octanol–water partition coefficient (Wildman–Crippen LogP) is 2.27. The van der Waals surface area contributed by atoms with E-state index in [1.807, 2.05) is 35.2 Å². The molecule has 3 aliphatic rings. The van der Waals surface area contributed by atoms with E-state index in [9.17, 15) is 14.9 Å². The fourth-order valence-electron chi connectivity index (χ4n) is 5.06. The topological polar surface area (TPSA) is 70.4 Å². The van der Waals surface area contributed by atoms with Crippen molar-refractivity contribution >= 4 is 11.9 Å². The molecular formula is C19H20N2O3. The number of benzene rings is 1. The molecule has 1 aromatic carbocycles. The fraction of sp³-hybridized carbons (Fsp3) is 0.526. The number of carbonyl (C=O) groups is 2. The van der Waals surface area contributed by atoms with Crippen LogP contribution in [0.25, 0.3) is 0 Å². The maximum absolute atomic E-state index is 13.3. The van der Waals surface area contributed by atoms with Crippen molar-refractivity contribution in [2.75, 3.05) is 6.61 Å². The molecule has 124 valence electrons. The van der Waals surface area contributed by atoms with Gasteiger partial charge < -0.3 is 9.64 Å². The molecule has 1 aromatic rings. The third kappa shape index (κ3) is 1.64. The summed E-state index contributed by atoms with van der Waals surface area (Å²) in [5, 5.41) is 9.76. The van der Waals surface area contributed by atoms with Gasteiger partial charge in [-0.3, -0.25) is 9.59 Å². The Bertz CT molecular complexity index is 741. The van der Waals surface area contributed by atoms with E-state index in [0.29, 0.717) is 13.0 Å². The summed E-state index contributed by atoms with van der Waals surface area (Å²) in [6.07, 6.45) is 2.19. The highest BCUT2D eigenvalue weighted by molar-refractivity contribution is 6.10. The summed E-state index contributed by atoms with van der Waals surface area (Å²) < 4.78 is 5.23. The highest BCUT2D eigenvalue weighted by Gasteiger charge is 2.89. The van der Waals surface area contributed by atoms with Crippen LogP contribution in [-0.2, 0) is 20.9 Å². The van der Waals surface area contributed by atoms with Crippen molar-refractivity contribution in [1.82, 2.24) is 4.90 Å². The molecule has 4 rings (SSSR count). The molecule has 1 heterocycles. The van der Waals surface area contributed by atoms with Gasteiger partial charge in [-0.05, 0) is 31.7 Å². The SMILES string of the molecule is CCOC(=O)[C@]12C(=O)N(Cc3ccccc3)[C@H]3CC[C@H]1[C@@]2(C#N)C3. The minimum Gasteiger partial charge on any atom is -0.465 e. The van der Waals surface area contributed by atoms with Crippen LogP contribution in [0, 0.1) is 28.1 Å². The first-order valence-electron chi connectivity index (χ1n) is 8.55. The zero-order valence-electron chi connectivity index (χ0n) is 13.7. The summed E-state index contributed by atoms with van der Waals surface area (Å²) in [6.45, 7) is 2.45. The maximum atomic E-state index is 13.3. The number of carbonyl (C=O) groups excluding carboxylic acids is 2. The molecule has 0 unspecified atom stereocenters. The summed E-state index contributed by atoms with van der Waals surface area (Å²) in [7, 11) is 0. The molecule has 0 radical (unpaired) electrons. The molecule has 5 nitrogen and oxygen atoms in total. The van der Waals surface area contributed by atoms with Crippen LogP contribution in [-0.4, -0.2) is 29.4 Å². The van der Waals surface area contributed by atoms with Gasteiger partial charge in [0.1, 0.15) is 0 Å². The lowest BCUT2D eigenvalue weighted by atomic mass is 9.79. The molecule has 24 heavy (non-hydrogen) atoms. The van der Waals surface area contributed by atoms with Gasteiger partial charge in [-0.1, -0.05) is 30.3 Å². The average molecular weight is 324 g/mol. The van der Waals surface area contributed by atoms with E-state index < -0.39 is 16.8 Å². The summed E-state index contributed by atoms with van der Waals surface area (Å²) in [5.74, 6) is -0.886. The Morgan fingerprint density at radius 1 is 1.38 bits per heavy atom. The van der Waals surface area contributed by atoms with Crippen molar-refractivity contribution < 1.29 is 14.3 Å². The molecule has 2 bridgehead atoms. The van der Waals surface area contributed by atoms with Crippen LogP contribution >= 0.6 is 0 Å². The van der Waals surface area contributed by atoms with E-state index in [1.165, 1.54) is 0 Å². The van der Waals surface area contributed by atoms with Crippen LogP contribution in [0.1, 0.15) is 31.7 Å². The Morgan fingerprint density at radius 2 is 2.12 bits per heavy atom. The lowest BCUT2D eigenvalue weighted by Crippen LogP contribution is -2.53. The monoisotopic (exact) mass is 324 g/mol. The van der Waals surface area contributed by atoms with Crippen LogP contribution < -0.4 is 0 Å². The Hall–Kier alpha value is -2.35. The first kappa shape index (κ1) is 15.2. The molecule has 4 atom stereocenters. The number of nitriles is 1. The number of piperidine rings is 1. The van der Waals surface area contributed by atoms with Crippen LogP contribution in [0.15, 0.2) is 30.3 Å². The summed E-state index contributed by atoms with van der Waals surface area (Å²) in [6, 6.07) is 12.2. The number of hydrogen-bond donors (Lipinski definition) is 0. The zero-order chi connectivity index (χ0) is 16.9. The second kappa shape index (κ2) is 5.07. The molecular weight excluding hydrogens is 304 g/mol. The van der Waals surface area contributed by atoms with Crippen molar-refractivity contribution in [2.45, 2.75) is 38.8 Å². The molecule has 0 spiro atoms. The van der Waals surface area contributed by atoms with Crippen LogP contribution in [0.5, 0.6) is 0 Å². The van der Waals surface area contributed by atoms with E-state index in [-0.39, 0.29) is 24.5 Å². The van der Waals surface area contributed by atoms with Gasteiger partial charge in [0, 0.05) is 18.5 Å². The van der Waals surface area contributed by atoms with Crippen LogP contribution in [0.3, 0.4) is 0 Å². The minimum absolute atomic E-state index is 0.0404. The average Bonchev–Trinajstić information content (AvgIpc) is 3.27. The molecule has 0 N–H and O–H groups in total.